The van der Waals surface area contributed by atoms with Gasteiger partial charge in [-0.1, -0.05) is 18.2 Å². The minimum atomic E-state index is -2.71. The Labute approximate surface area is 89.1 Å². The average Bonchev–Trinajstić information content (AvgIpc) is 2.57. The third kappa shape index (κ3) is 1.73. The highest BCUT2D eigenvalue weighted by Crippen LogP contribution is 2.26. The number of halogens is 2. The fraction of sp³-hybridized carbons (Fsp3) is 0.200. The number of aliphatic carboxylic acids is 1. The number of rotatable bonds is 3. The third-order valence-electron chi connectivity index (χ3n) is 2.18. The normalized spacial score (nSPS) is 11.2. The Morgan fingerprint density at radius 2 is 2.12 bits per heavy atom. The molecule has 1 heterocycles. The molecule has 0 aliphatic carbocycles. The van der Waals surface area contributed by atoms with E-state index in [9.17, 15) is 13.6 Å². The SMILES string of the molecule is O=C(O)Cn1nc(C(F)F)c2ccccc21. The van der Waals surface area contributed by atoms with Gasteiger partial charge in [-0.3, -0.25) is 9.48 Å². The first-order valence-corrected chi connectivity index (χ1v) is 4.55. The van der Waals surface area contributed by atoms with E-state index >= 15 is 0 Å². The second-order valence-electron chi connectivity index (χ2n) is 3.25. The summed E-state index contributed by atoms with van der Waals surface area (Å²) in [6.45, 7) is -0.423. The van der Waals surface area contributed by atoms with Crippen LogP contribution >= 0.6 is 0 Å². The minimum Gasteiger partial charge on any atom is -0.480 e. The number of benzene rings is 1. The maximum absolute atomic E-state index is 12.6. The van der Waals surface area contributed by atoms with E-state index in [4.69, 9.17) is 5.11 Å². The lowest BCUT2D eigenvalue weighted by atomic mass is 10.2. The summed E-state index contributed by atoms with van der Waals surface area (Å²) in [6, 6.07) is 6.33. The van der Waals surface area contributed by atoms with E-state index in [2.05, 4.69) is 5.10 Å². The van der Waals surface area contributed by atoms with Gasteiger partial charge in [0.2, 0.25) is 0 Å². The Morgan fingerprint density at radius 3 is 2.75 bits per heavy atom. The predicted octanol–water partition coefficient (Wildman–Crippen LogP) is 2.06. The summed E-state index contributed by atoms with van der Waals surface area (Å²) in [5.74, 6) is -1.12. The van der Waals surface area contributed by atoms with Gasteiger partial charge in [-0.05, 0) is 6.07 Å². The molecule has 6 heteroatoms. The zero-order chi connectivity index (χ0) is 11.7. The van der Waals surface area contributed by atoms with Crippen LogP contribution < -0.4 is 0 Å². The van der Waals surface area contributed by atoms with E-state index in [1.807, 2.05) is 0 Å². The molecule has 0 aliphatic rings. The second kappa shape index (κ2) is 3.88. The number of para-hydroxylation sites is 1. The number of carboxylic acid groups (broad SMARTS) is 1. The lowest BCUT2D eigenvalue weighted by Crippen LogP contribution is -2.10. The molecule has 16 heavy (non-hydrogen) atoms. The molecule has 0 fully saturated rings. The van der Waals surface area contributed by atoms with Crippen molar-refractivity contribution in [1.82, 2.24) is 9.78 Å². The molecule has 2 rings (SSSR count). The summed E-state index contributed by atoms with van der Waals surface area (Å²) in [4.78, 5) is 10.5. The monoisotopic (exact) mass is 226 g/mol. The third-order valence-corrected chi connectivity index (χ3v) is 2.18. The van der Waals surface area contributed by atoms with Gasteiger partial charge < -0.3 is 5.11 Å². The van der Waals surface area contributed by atoms with E-state index in [0.717, 1.165) is 4.68 Å². The van der Waals surface area contributed by atoms with Crippen LogP contribution in [0.25, 0.3) is 10.9 Å². The van der Waals surface area contributed by atoms with Crippen molar-refractivity contribution in [3.8, 4) is 0 Å². The van der Waals surface area contributed by atoms with E-state index in [1.165, 1.54) is 6.07 Å². The van der Waals surface area contributed by atoms with Crippen LogP contribution in [0.5, 0.6) is 0 Å². The molecule has 1 N–H and O–H groups in total. The molecular weight excluding hydrogens is 218 g/mol. The highest BCUT2D eigenvalue weighted by Gasteiger charge is 2.18. The zero-order valence-electron chi connectivity index (χ0n) is 8.10. The Hall–Kier alpha value is -1.98. The van der Waals surface area contributed by atoms with Crippen LogP contribution in [0.4, 0.5) is 8.78 Å². The number of carbonyl (C=O) groups is 1. The van der Waals surface area contributed by atoms with Crippen LogP contribution in [0.1, 0.15) is 12.1 Å². The molecule has 0 saturated heterocycles. The van der Waals surface area contributed by atoms with Gasteiger partial charge >= 0.3 is 5.97 Å². The number of hydrogen-bond acceptors (Lipinski definition) is 2. The zero-order valence-corrected chi connectivity index (χ0v) is 8.10. The number of aromatic nitrogens is 2. The average molecular weight is 226 g/mol. The molecule has 0 saturated carbocycles. The highest BCUT2D eigenvalue weighted by molar-refractivity contribution is 5.83. The van der Waals surface area contributed by atoms with Crippen molar-refractivity contribution in [1.29, 1.82) is 0 Å². The van der Waals surface area contributed by atoms with Gasteiger partial charge in [0.1, 0.15) is 12.2 Å². The Kier molecular flexibility index (Phi) is 2.55. The number of hydrogen-bond donors (Lipinski definition) is 1. The molecule has 4 nitrogen and oxygen atoms in total. The number of fused-ring (bicyclic) bond motifs is 1. The number of carboxylic acids is 1. The van der Waals surface area contributed by atoms with Crippen LogP contribution in [0.3, 0.4) is 0 Å². The molecule has 0 spiro atoms. The van der Waals surface area contributed by atoms with Crippen LogP contribution in [-0.2, 0) is 11.3 Å². The Bertz CT molecular complexity index is 537. The second-order valence-corrected chi connectivity index (χ2v) is 3.25. The summed E-state index contributed by atoms with van der Waals surface area (Å²) in [5.41, 5.74) is 0.0250. The van der Waals surface area contributed by atoms with Gasteiger partial charge in [0.05, 0.1) is 5.52 Å². The summed E-state index contributed by atoms with van der Waals surface area (Å²) in [7, 11) is 0. The van der Waals surface area contributed by atoms with Gasteiger partial charge in [-0.2, -0.15) is 5.10 Å². The predicted molar refractivity (Wildman–Crippen MR) is 52.3 cm³/mol. The Morgan fingerprint density at radius 1 is 1.44 bits per heavy atom. The maximum Gasteiger partial charge on any atom is 0.325 e. The van der Waals surface area contributed by atoms with Crippen LogP contribution in [0.15, 0.2) is 24.3 Å². The lowest BCUT2D eigenvalue weighted by Gasteiger charge is -1.97. The Balaban J connectivity index is 2.62. The molecule has 0 amide bonds. The molecular formula is C10H8F2N2O2. The largest absolute Gasteiger partial charge is 0.480 e. The first-order chi connectivity index (χ1) is 7.59. The summed E-state index contributed by atoms with van der Waals surface area (Å²) in [6.07, 6.45) is -2.71. The van der Waals surface area contributed by atoms with Crippen molar-refractivity contribution >= 4 is 16.9 Å². The molecule has 0 unspecified atom stereocenters. The fourth-order valence-electron chi connectivity index (χ4n) is 1.56. The van der Waals surface area contributed by atoms with Crippen molar-refractivity contribution in [3.05, 3.63) is 30.0 Å². The molecule has 0 atom stereocenters. The fourth-order valence-corrected chi connectivity index (χ4v) is 1.56. The maximum atomic E-state index is 12.6. The van der Waals surface area contributed by atoms with Crippen molar-refractivity contribution < 1.29 is 18.7 Å². The standard InChI is InChI=1S/C10H8F2N2O2/c11-10(12)9-6-3-1-2-4-7(6)14(13-9)5-8(15)16/h1-4,10H,5H2,(H,15,16). The summed E-state index contributed by atoms with van der Waals surface area (Å²) < 4.78 is 26.3. The minimum absolute atomic E-state index is 0.291. The number of nitrogens with zero attached hydrogens (tertiary/aromatic N) is 2. The highest BCUT2D eigenvalue weighted by atomic mass is 19.3. The van der Waals surface area contributed by atoms with Crippen molar-refractivity contribution in [2.75, 3.05) is 0 Å². The van der Waals surface area contributed by atoms with E-state index in [1.54, 1.807) is 18.2 Å². The van der Waals surface area contributed by atoms with Gasteiger partial charge in [-0.15, -0.1) is 0 Å². The van der Waals surface area contributed by atoms with Crippen molar-refractivity contribution in [2.45, 2.75) is 13.0 Å². The number of alkyl halides is 2. The molecule has 0 radical (unpaired) electrons. The van der Waals surface area contributed by atoms with E-state index in [0.29, 0.717) is 10.9 Å². The topological polar surface area (TPSA) is 55.1 Å². The van der Waals surface area contributed by atoms with Gasteiger partial charge in [0.25, 0.3) is 6.43 Å². The van der Waals surface area contributed by atoms with Crippen molar-refractivity contribution in [3.63, 3.8) is 0 Å². The van der Waals surface area contributed by atoms with Crippen LogP contribution in [-0.4, -0.2) is 20.9 Å². The molecule has 1 aromatic heterocycles. The smallest absolute Gasteiger partial charge is 0.325 e. The first kappa shape index (κ1) is 10.5. The first-order valence-electron chi connectivity index (χ1n) is 4.55. The summed E-state index contributed by atoms with van der Waals surface area (Å²) in [5, 5.41) is 12.5. The summed E-state index contributed by atoms with van der Waals surface area (Å²) >= 11 is 0. The molecule has 1 aromatic carbocycles. The van der Waals surface area contributed by atoms with E-state index < -0.39 is 18.9 Å². The molecule has 2 aromatic rings. The van der Waals surface area contributed by atoms with Crippen molar-refractivity contribution in [2.24, 2.45) is 0 Å². The van der Waals surface area contributed by atoms with Crippen LogP contribution in [0, 0.1) is 0 Å². The molecule has 0 aliphatic heterocycles. The van der Waals surface area contributed by atoms with Gasteiger partial charge in [-0.25, -0.2) is 8.78 Å². The molecule has 0 bridgehead atoms. The van der Waals surface area contributed by atoms with E-state index in [-0.39, 0.29) is 5.69 Å². The quantitative estimate of drug-likeness (QED) is 0.871. The van der Waals surface area contributed by atoms with Gasteiger partial charge in [0, 0.05) is 5.39 Å². The van der Waals surface area contributed by atoms with Gasteiger partial charge in [0.15, 0.2) is 0 Å². The molecule has 84 valence electrons. The lowest BCUT2D eigenvalue weighted by molar-refractivity contribution is -0.137. The van der Waals surface area contributed by atoms with Crippen LogP contribution in [0.2, 0.25) is 0 Å².